The van der Waals surface area contributed by atoms with Gasteiger partial charge in [-0.15, -0.1) is 0 Å². The van der Waals surface area contributed by atoms with Crippen LogP contribution in [0, 0.1) is 0 Å². The molecule has 0 spiro atoms. The summed E-state index contributed by atoms with van der Waals surface area (Å²) in [6.07, 6.45) is 0.683. The molecular weight excluding hydrogens is 282 g/mol. The van der Waals surface area contributed by atoms with Crippen LogP contribution >= 0.6 is 0 Å². The number of hydrogen-bond donors (Lipinski definition) is 0. The number of carbonyl (C=O) groups is 1. The molecule has 0 saturated carbocycles. The lowest BCUT2D eigenvalue weighted by Crippen LogP contribution is -2.35. The summed E-state index contributed by atoms with van der Waals surface area (Å²) in [7, 11) is 1.51. The van der Waals surface area contributed by atoms with Crippen molar-refractivity contribution in [1.29, 1.82) is 0 Å². The Hall–Kier alpha value is -2.21. The lowest BCUT2D eigenvalue weighted by Gasteiger charge is -2.23. The number of carbonyl (C=O) groups excluding carboxylic acids is 1. The predicted molar refractivity (Wildman–Crippen MR) is 80.6 cm³/mol. The summed E-state index contributed by atoms with van der Waals surface area (Å²) in [6.45, 7) is 4.02. The van der Waals surface area contributed by atoms with Gasteiger partial charge >= 0.3 is 0 Å². The van der Waals surface area contributed by atoms with Gasteiger partial charge < -0.3 is 9.26 Å². The molecule has 2 heterocycles. The van der Waals surface area contributed by atoms with Crippen LogP contribution in [0.5, 0.6) is 0 Å². The molecule has 2 aromatic rings. The lowest BCUT2D eigenvalue weighted by atomic mass is 10.1. The Morgan fingerprint density at radius 1 is 1.45 bits per heavy atom. The standard InChI is InChI=1S/C16H19N3O3/c1-10(2)16-17-15(18-22-16)13-8-11-6-4-5-7-12(11)19(13)14(20)9-21-3/h4-7,10,13H,8-9H2,1-3H3. The summed E-state index contributed by atoms with van der Waals surface area (Å²) in [5.74, 6) is 1.19. The van der Waals surface area contributed by atoms with E-state index in [1.54, 1.807) is 4.90 Å². The fourth-order valence-electron chi connectivity index (χ4n) is 2.71. The zero-order chi connectivity index (χ0) is 15.7. The first-order chi connectivity index (χ1) is 10.6. The van der Waals surface area contributed by atoms with Crippen molar-refractivity contribution in [3.8, 4) is 0 Å². The summed E-state index contributed by atoms with van der Waals surface area (Å²) >= 11 is 0. The van der Waals surface area contributed by atoms with Gasteiger partial charge in [0, 0.05) is 25.1 Å². The second-order valence-corrected chi connectivity index (χ2v) is 5.69. The maximum Gasteiger partial charge on any atom is 0.253 e. The van der Waals surface area contributed by atoms with Gasteiger partial charge in [0.25, 0.3) is 5.91 Å². The Morgan fingerprint density at radius 3 is 2.91 bits per heavy atom. The molecule has 6 nitrogen and oxygen atoms in total. The number of hydrogen-bond acceptors (Lipinski definition) is 5. The van der Waals surface area contributed by atoms with E-state index < -0.39 is 0 Å². The molecule has 1 aromatic heterocycles. The highest BCUT2D eigenvalue weighted by atomic mass is 16.5. The number of benzene rings is 1. The molecule has 22 heavy (non-hydrogen) atoms. The summed E-state index contributed by atoms with van der Waals surface area (Å²) in [4.78, 5) is 18.6. The molecule has 6 heteroatoms. The zero-order valence-electron chi connectivity index (χ0n) is 12.9. The monoisotopic (exact) mass is 301 g/mol. The third-order valence-corrected chi connectivity index (χ3v) is 3.76. The van der Waals surface area contributed by atoms with E-state index in [2.05, 4.69) is 10.1 Å². The molecule has 1 aliphatic rings. The van der Waals surface area contributed by atoms with Gasteiger partial charge in [-0.25, -0.2) is 0 Å². The zero-order valence-corrected chi connectivity index (χ0v) is 12.9. The van der Waals surface area contributed by atoms with Crippen LogP contribution in [0.15, 0.2) is 28.8 Å². The largest absolute Gasteiger partial charge is 0.375 e. The molecule has 116 valence electrons. The molecule has 0 aliphatic carbocycles. The van der Waals surface area contributed by atoms with Crippen LogP contribution in [0.1, 0.15) is 43.1 Å². The number of nitrogens with zero attached hydrogens (tertiary/aromatic N) is 3. The Balaban J connectivity index is 1.97. The fourth-order valence-corrected chi connectivity index (χ4v) is 2.71. The number of amides is 1. The van der Waals surface area contributed by atoms with E-state index in [4.69, 9.17) is 9.26 Å². The third kappa shape index (κ3) is 2.50. The first-order valence-electron chi connectivity index (χ1n) is 7.34. The number of methoxy groups -OCH3 is 1. The smallest absolute Gasteiger partial charge is 0.253 e. The van der Waals surface area contributed by atoms with Crippen molar-refractivity contribution < 1.29 is 14.1 Å². The number of anilines is 1. The SMILES string of the molecule is COCC(=O)N1c2ccccc2CC1c1noc(C(C)C)n1. The molecule has 0 fully saturated rings. The van der Waals surface area contributed by atoms with Gasteiger partial charge in [-0.2, -0.15) is 4.98 Å². The van der Waals surface area contributed by atoms with E-state index in [1.165, 1.54) is 7.11 Å². The van der Waals surface area contributed by atoms with Gasteiger partial charge in [0.05, 0.1) is 0 Å². The lowest BCUT2D eigenvalue weighted by molar-refractivity contribution is -0.122. The van der Waals surface area contributed by atoms with Crippen LogP contribution in [0.4, 0.5) is 5.69 Å². The van der Waals surface area contributed by atoms with Crippen molar-refractivity contribution in [3.05, 3.63) is 41.5 Å². The first kappa shape index (κ1) is 14.7. The molecule has 1 aromatic carbocycles. The van der Waals surface area contributed by atoms with Crippen molar-refractivity contribution in [2.75, 3.05) is 18.6 Å². The molecule has 0 radical (unpaired) electrons. The van der Waals surface area contributed by atoms with Gasteiger partial charge in [-0.1, -0.05) is 37.2 Å². The van der Waals surface area contributed by atoms with E-state index in [0.29, 0.717) is 18.1 Å². The van der Waals surface area contributed by atoms with Crippen LogP contribution in [-0.4, -0.2) is 29.8 Å². The Kier molecular flexibility index (Phi) is 3.94. The fraction of sp³-hybridized carbons (Fsp3) is 0.438. The number of rotatable bonds is 4. The summed E-state index contributed by atoms with van der Waals surface area (Å²) in [5, 5.41) is 4.07. The van der Waals surface area contributed by atoms with Crippen LogP contribution in [-0.2, 0) is 16.0 Å². The van der Waals surface area contributed by atoms with Crippen molar-refractivity contribution >= 4 is 11.6 Å². The Morgan fingerprint density at radius 2 is 2.23 bits per heavy atom. The average Bonchev–Trinajstić information content (AvgIpc) is 3.12. The first-order valence-corrected chi connectivity index (χ1v) is 7.34. The van der Waals surface area contributed by atoms with Gasteiger partial charge in [0.1, 0.15) is 12.6 Å². The second kappa shape index (κ2) is 5.88. The van der Waals surface area contributed by atoms with E-state index in [1.807, 2.05) is 38.1 Å². The quantitative estimate of drug-likeness (QED) is 0.867. The van der Waals surface area contributed by atoms with E-state index in [9.17, 15) is 4.79 Å². The molecule has 1 unspecified atom stereocenters. The van der Waals surface area contributed by atoms with Crippen molar-refractivity contribution in [2.45, 2.75) is 32.2 Å². The van der Waals surface area contributed by atoms with Crippen molar-refractivity contribution in [3.63, 3.8) is 0 Å². The molecule has 3 rings (SSSR count). The molecule has 1 aliphatic heterocycles. The summed E-state index contributed by atoms with van der Waals surface area (Å²) in [5.41, 5.74) is 2.00. The summed E-state index contributed by atoms with van der Waals surface area (Å²) in [6, 6.07) is 7.61. The molecule has 0 saturated heterocycles. The van der Waals surface area contributed by atoms with Gasteiger partial charge in [-0.05, 0) is 11.6 Å². The number of aromatic nitrogens is 2. The van der Waals surface area contributed by atoms with Crippen molar-refractivity contribution in [1.82, 2.24) is 10.1 Å². The number of para-hydroxylation sites is 1. The van der Waals surface area contributed by atoms with Crippen molar-refractivity contribution in [2.24, 2.45) is 0 Å². The Bertz CT molecular complexity index is 681. The average molecular weight is 301 g/mol. The summed E-state index contributed by atoms with van der Waals surface area (Å²) < 4.78 is 10.3. The minimum atomic E-state index is -0.240. The maximum absolute atomic E-state index is 12.4. The highest BCUT2D eigenvalue weighted by molar-refractivity contribution is 5.97. The number of fused-ring (bicyclic) bond motifs is 1. The minimum absolute atomic E-state index is 0.0275. The molecule has 0 bridgehead atoms. The highest BCUT2D eigenvalue weighted by Gasteiger charge is 2.37. The molecule has 1 atom stereocenters. The predicted octanol–water partition coefficient (Wildman–Crippen LogP) is 2.47. The van der Waals surface area contributed by atoms with Crippen LogP contribution < -0.4 is 4.90 Å². The highest BCUT2D eigenvalue weighted by Crippen LogP contribution is 2.39. The van der Waals surface area contributed by atoms with Crippen LogP contribution in [0.2, 0.25) is 0 Å². The van der Waals surface area contributed by atoms with Gasteiger partial charge in [0.15, 0.2) is 5.82 Å². The number of ether oxygens (including phenoxy) is 1. The van der Waals surface area contributed by atoms with Gasteiger partial charge in [-0.3, -0.25) is 9.69 Å². The Labute approximate surface area is 129 Å². The minimum Gasteiger partial charge on any atom is -0.375 e. The molecule has 1 amide bonds. The molecule has 0 N–H and O–H groups in total. The van der Waals surface area contributed by atoms with E-state index >= 15 is 0 Å². The van der Waals surface area contributed by atoms with E-state index in [-0.39, 0.29) is 24.5 Å². The van der Waals surface area contributed by atoms with Crippen LogP contribution in [0.3, 0.4) is 0 Å². The topological polar surface area (TPSA) is 68.5 Å². The maximum atomic E-state index is 12.4. The van der Waals surface area contributed by atoms with E-state index in [0.717, 1.165) is 11.3 Å². The normalized spacial score (nSPS) is 17.1. The third-order valence-electron chi connectivity index (χ3n) is 3.76. The second-order valence-electron chi connectivity index (χ2n) is 5.69. The van der Waals surface area contributed by atoms with Gasteiger partial charge in [0.2, 0.25) is 5.89 Å². The molecular formula is C16H19N3O3. The van der Waals surface area contributed by atoms with Crippen LogP contribution in [0.25, 0.3) is 0 Å².